The van der Waals surface area contributed by atoms with Gasteiger partial charge in [-0.1, -0.05) is 19.4 Å². The summed E-state index contributed by atoms with van der Waals surface area (Å²) in [4.78, 5) is 29.9. The Morgan fingerprint density at radius 3 is 1.95 bits per heavy atom. The largest absolute Gasteiger partial charge is 0.481 e. The molecular weight excluding hydrogens is 248 g/mol. The third-order valence-electron chi connectivity index (χ3n) is 2.16. The first-order valence-electron chi connectivity index (χ1n) is 6.35. The molecule has 1 rings (SSSR count). The summed E-state index contributed by atoms with van der Waals surface area (Å²) in [6.07, 6.45) is 5.08. The first kappa shape index (κ1) is 19.7. The molecule has 0 spiro atoms. The summed E-state index contributed by atoms with van der Waals surface area (Å²) in [6.45, 7) is 5.53. The Morgan fingerprint density at radius 1 is 1.32 bits per heavy atom. The van der Waals surface area contributed by atoms with Crippen molar-refractivity contribution in [3.8, 4) is 0 Å². The second-order valence-electron chi connectivity index (χ2n) is 4.03. The van der Waals surface area contributed by atoms with Crippen molar-refractivity contribution < 1.29 is 24.2 Å². The molecule has 0 heterocycles. The van der Waals surface area contributed by atoms with Gasteiger partial charge in [-0.15, -0.1) is 0 Å². The van der Waals surface area contributed by atoms with Crippen LogP contribution in [0.3, 0.4) is 0 Å². The Kier molecular flexibility index (Phi) is 13.3. The lowest BCUT2D eigenvalue weighted by molar-refractivity contribution is -0.140. The number of carboxylic acids is 1. The first-order valence-corrected chi connectivity index (χ1v) is 6.35. The molecular formula is C14H24O5. The van der Waals surface area contributed by atoms with Gasteiger partial charge in [0.1, 0.15) is 0 Å². The van der Waals surface area contributed by atoms with Gasteiger partial charge in [-0.05, 0) is 25.8 Å². The van der Waals surface area contributed by atoms with Gasteiger partial charge in [0.2, 0.25) is 0 Å². The van der Waals surface area contributed by atoms with Crippen LogP contribution in [0, 0.1) is 0 Å². The molecule has 0 saturated carbocycles. The molecule has 0 aromatic carbocycles. The normalized spacial score (nSPS) is 12.4. The zero-order valence-corrected chi connectivity index (χ0v) is 12.2. The standard InChI is InChI=1S/C6H8O.C5H10O2.C3H6O2/c1-5-2-3-6(7)4-5;1-3-4-5(6)7-2;1-2-3(4)5/h4H,2-3H2,1H3;3-4H2,1-2H3;2H2,1H3,(H,4,5). The Labute approximate surface area is 114 Å². The number of carbonyl (C=O) groups excluding carboxylic acids is 2. The minimum absolute atomic E-state index is 0.123. The topological polar surface area (TPSA) is 80.7 Å². The van der Waals surface area contributed by atoms with Gasteiger partial charge < -0.3 is 9.84 Å². The number of ether oxygens (including phenoxy) is 1. The van der Waals surface area contributed by atoms with E-state index in [4.69, 9.17) is 5.11 Å². The summed E-state index contributed by atoms with van der Waals surface area (Å²) in [6, 6.07) is 0. The van der Waals surface area contributed by atoms with E-state index in [1.54, 1.807) is 13.0 Å². The number of methoxy groups -OCH3 is 1. The van der Waals surface area contributed by atoms with Crippen LogP contribution < -0.4 is 0 Å². The highest BCUT2D eigenvalue weighted by molar-refractivity contribution is 5.92. The van der Waals surface area contributed by atoms with Crippen LogP contribution in [0.1, 0.15) is 52.9 Å². The number of hydrogen-bond donors (Lipinski definition) is 1. The van der Waals surface area contributed by atoms with Gasteiger partial charge in [0, 0.05) is 19.3 Å². The molecule has 0 saturated heterocycles. The Bertz CT molecular complexity index is 318. The highest BCUT2D eigenvalue weighted by Gasteiger charge is 2.05. The fourth-order valence-corrected chi connectivity index (χ4v) is 1.05. The average Bonchev–Trinajstić information content (AvgIpc) is 2.74. The zero-order chi connectivity index (χ0) is 15.3. The molecule has 5 heteroatoms. The molecule has 1 N–H and O–H groups in total. The van der Waals surface area contributed by atoms with Gasteiger partial charge >= 0.3 is 11.9 Å². The SMILES string of the molecule is CC1=CC(=O)CC1.CCC(=O)O.CCCC(=O)OC. The minimum atomic E-state index is -0.745. The molecule has 0 atom stereocenters. The Balaban J connectivity index is 0. The van der Waals surface area contributed by atoms with E-state index >= 15 is 0 Å². The monoisotopic (exact) mass is 272 g/mol. The molecule has 19 heavy (non-hydrogen) atoms. The van der Waals surface area contributed by atoms with E-state index in [2.05, 4.69) is 4.74 Å². The highest BCUT2D eigenvalue weighted by atomic mass is 16.5. The minimum Gasteiger partial charge on any atom is -0.481 e. The number of allylic oxidation sites excluding steroid dienone is 2. The maximum absolute atomic E-state index is 10.4. The Morgan fingerprint density at radius 2 is 1.84 bits per heavy atom. The van der Waals surface area contributed by atoms with Crippen LogP contribution in [0.25, 0.3) is 0 Å². The first-order chi connectivity index (χ1) is 8.87. The van der Waals surface area contributed by atoms with E-state index in [9.17, 15) is 14.4 Å². The van der Waals surface area contributed by atoms with Gasteiger partial charge in [0.05, 0.1) is 7.11 Å². The van der Waals surface area contributed by atoms with E-state index in [1.807, 2.05) is 13.8 Å². The van der Waals surface area contributed by atoms with Gasteiger partial charge in [0.15, 0.2) is 5.78 Å². The molecule has 0 fully saturated rings. The van der Waals surface area contributed by atoms with E-state index in [1.165, 1.54) is 12.7 Å². The summed E-state index contributed by atoms with van der Waals surface area (Å²) < 4.78 is 4.35. The van der Waals surface area contributed by atoms with Crippen molar-refractivity contribution in [2.24, 2.45) is 0 Å². The third kappa shape index (κ3) is 16.4. The van der Waals surface area contributed by atoms with Crippen molar-refractivity contribution in [1.82, 2.24) is 0 Å². The van der Waals surface area contributed by atoms with Crippen LogP contribution in [0.4, 0.5) is 0 Å². The Hall–Kier alpha value is -1.65. The van der Waals surface area contributed by atoms with E-state index < -0.39 is 5.97 Å². The molecule has 0 bridgehead atoms. The van der Waals surface area contributed by atoms with Gasteiger partial charge in [-0.3, -0.25) is 14.4 Å². The fourth-order valence-electron chi connectivity index (χ4n) is 1.05. The summed E-state index contributed by atoms with van der Waals surface area (Å²) in [5.74, 6) is -0.579. The smallest absolute Gasteiger partial charge is 0.305 e. The van der Waals surface area contributed by atoms with Crippen LogP contribution in [0.2, 0.25) is 0 Å². The van der Waals surface area contributed by atoms with E-state index in [-0.39, 0.29) is 18.2 Å². The molecule has 0 aromatic heterocycles. The molecule has 0 aliphatic heterocycles. The molecule has 0 aromatic rings. The van der Waals surface area contributed by atoms with Crippen LogP contribution in [-0.4, -0.2) is 29.9 Å². The quantitative estimate of drug-likeness (QED) is 0.799. The van der Waals surface area contributed by atoms with Crippen molar-refractivity contribution in [3.63, 3.8) is 0 Å². The number of esters is 1. The summed E-state index contributed by atoms with van der Waals surface area (Å²) in [5, 5.41) is 7.72. The number of hydrogen-bond acceptors (Lipinski definition) is 4. The van der Waals surface area contributed by atoms with E-state index in [0.29, 0.717) is 6.42 Å². The van der Waals surface area contributed by atoms with Gasteiger partial charge in [-0.2, -0.15) is 0 Å². The molecule has 0 unspecified atom stereocenters. The maximum Gasteiger partial charge on any atom is 0.305 e. The molecule has 110 valence electrons. The predicted octanol–water partition coefficient (Wildman–Crippen LogP) is 2.74. The van der Waals surface area contributed by atoms with Crippen LogP contribution in [0.5, 0.6) is 0 Å². The van der Waals surface area contributed by atoms with Crippen molar-refractivity contribution in [2.45, 2.75) is 52.9 Å². The van der Waals surface area contributed by atoms with Crippen LogP contribution in [-0.2, 0) is 19.1 Å². The van der Waals surface area contributed by atoms with Gasteiger partial charge in [0.25, 0.3) is 0 Å². The second kappa shape index (κ2) is 12.8. The van der Waals surface area contributed by atoms with Crippen molar-refractivity contribution in [2.75, 3.05) is 7.11 Å². The van der Waals surface area contributed by atoms with Crippen molar-refractivity contribution in [3.05, 3.63) is 11.6 Å². The highest BCUT2D eigenvalue weighted by Crippen LogP contribution is 2.12. The van der Waals surface area contributed by atoms with Crippen LogP contribution in [0.15, 0.2) is 11.6 Å². The van der Waals surface area contributed by atoms with Crippen molar-refractivity contribution >= 4 is 17.7 Å². The number of carboxylic acid groups (broad SMARTS) is 1. The second-order valence-corrected chi connectivity index (χ2v) is 4.03. The van der Waals surface area contributed by atoms with Crippen molar-refractivity contribution in [1.29, 1.82) is 0 Å². The predicted molar refractivity (Wildman–Crippen MR) is 72.8 cm³/mol. The number of ketones is 1. The number of carbonyl (C=O) groups is 3. The van der Waals surface area contributed by atoms with Crippen LogP contribution >= 0.6 is 0 Å². The third-order valence-corrected chi connectivity index (χ3v) is 2.16. The van der Waals surface area contributed by atoms with E-state index in [0.717, 1.165) is 19.3 Å². The molecule has 0 amide bonds. The summed E-state index contributed by atoms with van der Waals surface area (Å²) in [7, 11) is 1.40. The lowest BCUT2D eigenvalue weighted by Gasteiger charge is -1.91. The summed E-state index contributed by atoms with van der Waals surface area (Å²) in [5.41, 5.74) is 1.23. The average molecular weight is 272 g/mol. The summed E-state index contributed by atoms with van der Waals surface area (Å²) >= 11 is 0. The van der Waals surface area contributed by atoms with Gasteiger partial charge in [-0.25, -0.2) is 0 Å². The zero-order valence-electron chi connectivity index (χ0n) is 12.2. The molecule has 1 aliphatic carbocycles. The number of rotatable bonds is 3. The molecule has 0 radical (unpaired) electrons. The lowest BCUT2D eigenvalue weighted by Crippen LogP contribution is -1.97. The number of aliphatic carboxylic acids is 1. The molecule has 1 aliphatic rings. The molecule has 5 nitrogen and oxygen atoms in total. The maximum atomic E-state index is 10.4. The lowest BCUT2D eigenvalue weighted by atomic mass is 10.3. The fraction of sp³-hybridized carbons (Fsp3) is 0.643.